The Labute approximate surface area is 163 Å². The molecule has 0 aliphatic carbocycles. The van der Waals surface area contributed by atoms with Crippen molar-refractivity contribution in [3.05, 3.63) is 59.7 Å². The maximum absolute atomic E-state index is 9.31. The molecule has 0 spiro atoms. The van der Waals surface area contributed by atoms with Crippen LogP contribution in [-0.2, 0) is 4.74 Å². The number of rotatable bonds is 8. The van der Waals surface area contributed by atoms with E-state index in [1.807, 2.05) is 19.1 Å². The van der Waals surface area contributed by atoms with Gasteiger partial charge in [-0.3, -0.25) is 4.90 Å². The van der Waals surface area contributed by atoms with Gasteiger partial charge in [-0.1, -0.05) is 43.4 Å². The van der Waals surface area contributed by atoms with Crippen molar-refractivity contribution in [2.45, 2.75) is 26.7 Å². The predicted molar refractivity (Wildman–Crippen MR) is 114 cm³/mol. The highest BCUT2D eigenvalue weighted by Crippen LogP contribution is 2.23. The largest absolute Gasteiger partial charge is 0.384 e. The summed E-state index contributed by atoms with van der Waals surface area (Å²) in [5.74, 6) is 0. The van der Waals surface area contributed by atoms with E-state index < -0.39 is 0 Å². The smallest absolute Gasteiger partial charge is 0.0950 e. The normalized spacial score (nSPS) is 16.5. The van der Waals surface area contributed by atoms with E-state index in [-0.39, 0.29) is 0 Å². The van der Waals surface area contributed by atoms with Crippen LogP contribution in [0.2, 0.25) is 0 Å². The first-order valence-electron chi connectivity index (χ1n) is 9.75. The lowest BCUT2D eigenvalue weighted by atomic mass is 9.99. The summed E-state index contributed by atoms with van der Waals surface area (Å²) in [6, 6.07) is 10.6. The molecule has 1 fully saturated rings. The molecule has 0 amide bonds. The number of ether oxygens (including phenoxy) is 1. The number of allylic oxidation sites excluding steroid dienone is 5. The second-order valence-corrected chi connectivity index (χ2v) is 6.81. The number of hydrogen-bond acceptors (Lipinski definition) is 4. The lowest BCUT2D eigenvalue weighted by Gasteiger charge is -2.19. The standard InChI is InChI=1S/C23H31N3O/c1-4-19(2)6-11-23(20(3)18-24)21-7-9-22(10-8-21)25-12-14-26-13-5-16-27-17-15-26/h6-11,25H,2,4-5,12-17H2,1,3H3. The van der Waals surface area contributed by atoms with E-state index in [9.17, 15) is 5.26 Å². The van der Waals surface area contributed by atoms with Crippen molar-refractivity contribution in [2.75, 3.05) is 44.7 Å². The molecular weight excluding hydrogens is 334 g/mol. The summed E-state index contributed by atoms with van der Waals surface area (Å²) in [5, 5.41) is 12.8. The minimum Gasteiger partial charge on any atom is -0.384 e. The minimum atomic E-state index is 0.708. The molecule has 1 N–H and O–H groups in total. The van der Waals surface area contributed by atoms with Gasteiger partial charge >= 0.3 is 0 Å². The van der Waals surface area contributed by atoms with Gasteiger partial charge in [0.2, 0.25) is 0 Å². The zero-order valence-electron chi connectivity index (χ0n) is 16.6. The molecule has 1 heterocycles. The van der Waals surface area contributed by atoms with Gasteiger partial charge in [-0.25, -0.2) is 0 Å². The Balaban J connectivity index is 1.96. The lowest BCUT2D eigenvalue weighted by Crippen LogP contribution is -2.31. The van der Waals surface area contributed by atoms with Gasteiger partial charge in [0.05, 0.1) is 12.7 Å². The highest BCUT2D eigenvalue weighted by atomic mass is 16.5. The van der Waals surface area contributed by atoms with Crippen molar-refractivity contribution in [2.24, 2.45) is 0 Å². The van der Waals surface area contributed by atoms with E-state index in [0.29, 0.717) is 5.57 Å². The zero-order valence-corrected chi connectivity index (χ0v) is 16.6. The van der Waals surface area contributed by atoms with Crippen LogP contribution in [0.3, 0.4) is 0 Å². The SMILES string of the molecule is C=C(C=CC(=C(C)C#N)c1ccc(NCCN2CCCOCC2)cc1)CC. The molecule has 1 saturated heterocycles. The van der Waals surface area contributed by atoms with Gasteiger partial charge in [0.1, 0.15) is 0 Å². The summed E-state index contributed by atoms with van der Waals surface area (Å²) in [4.78, 5) is 2.44. The van der Waals surface area contributed by atoms with Crippen molar-refractivity contribution in [1.82, 2.24) is 4.90 Å². The average Bonchev–Trinajstić information content (AvgIpc) is 2.97. The molecular formula is C23H31N3O. The van der Waals surface area contributed by atoms with Crippen molar-refractivity contribution in [1.29, 1.82) is 5.26 Å². The van der Waals surface area contributed by atoms with Crippen LogP contribution < -0.4 is 5.32 Å². The first kappa shape index (κ1) is 21.0. The molecule has 0 unspecified atom stereocenters. The second kappa shape index (κ2) is 11.4. The highest BCUT2D eigenvalue weighted by Gasteiger charge is 2.08. The Morgan fingerprint density at radius 3 is 2.74 bits per heavy atom. The number of nitriles is 1. The minimum absolute atomic E-state index is 0.708. The van der Waals surface area contributed by atoms with Crippen LogP contribution in [0.5, 0.6) is 0 Å². The van der Waals surface area contributed by atoms with Gasteiger partial charge in [-0.05, 0) is 43.0 Å². The molecule has 27 heavy (non-hydrogen) atoms. The highest BCUT2D eigenvalue weighted by molar-refractivity contribution is 5.79. The van der Waals surface area contributed by atoms with Crippen molar-refractivity contribution in [3.63, 3.8) is 0 Å². The second-order valence-electron chi connectivity index (χ2n) is 6.81. The van der Waals surface area contributed by atoms with Crippen LogP contribution in [-0.4, -0.2) is 44.3 Å². The molecule has 4 heteroatoms. The topological polar surface area (TPSA) is 48.3 Å². The molecule has 0 aromatic heterocycles. The fourth-order valence-corrected chi connectivity index (χ4v) is 2.96. The number of nitrogens with one attached hydrogen (secondary N) is 1. The van der Waals surface area contributed by atoms with Crippen LogP contribution in [0, 0.1) is 11.3 Å². The van der Waals surface area contributed by atoms with Crippen LogP contribution in [0.4, 0.5) is 5.69 Å². The molecule has 1 aromatic carbocycles. The Kier molecular flexibility index (Phi) is 8.83. The van der Waals surface area contributed by atoms with Gasteiger partial charge in [0.15, 0.2) is 0 Å². The van der Waals surface area contributed by atoms with E-state index in [1.54, 1.807) is 0 Å². The third-order valence-electron chi connectivity index (χ3n) is 4.78. The van der Waals surface area contributed by atoms with Crippen LogP contribution in [0.25, 0.3) is 5.57 Å². The Morgan fingerprint density at radius 2 is 2.04 bits per heavy atom. The van der Waals surface area contributed by atoms with Crippen LogP contribution in [0.15, 0.2) is 54.1 Å². The summed E-state index contributed by atoms with van der Waals surface area (Å²) in [7, 11) is 0. The maximum Gasteiger partial charge on any atom is 0.0950 e. The van der Waals surface area contributed by atoms with E-state index in [0.717, 1.165) is 74.6 Å². The number of benzene rings is 1. The summed E-state index contributed by atoms with van der Waals surface area (Å²) < 4.78 is 5.49. The van der Waals surface area contributed by atoms with Crippen LogP contribution >= 0.6 is 0 Å². The van der Waals surface area contributed by atoms with Gasteiger partial charge in [0.25, 0.3) is 0 Å². The fraction of sp³-hybridized carbons (Fsp3) is 0.435. The maximum atomic E-state index is 9.31. The zero-order chi connectivity index (χ0) is 19.5. The number of anilines is 1. The summed E-state index contributed by atoms with van der Waals surface area (Å²) >= 11 is 0. The van der Waals surface area contributed by atoms with Gasteiger partial charge in [-0.15, -0.1) is 0 Å². The molecule has 4 nitrogen and oxygen atoms in total. The summed E-state index contributed by atoms with van der Waals surface area (Å²) in [5.41, 5.74) is 4.85. The molecule has 0 radical (unpaired) electrons. The Bertz CT molecular complexity index is 702. The molecule has 1 aromatic rings. The molecule has 1 aliphatic heterocycles. The van der Waals surface area contributed by atoms with E-state index in [4.69, 9.17) is 4.74 Å². The van der Waals surface area contributed by atoms with Crippen molar-refractivity contribution < 1.29 is 4.74 Å². The Hall–Kier alpha value is -2.35. The summed E-state index contributed by atoms with van der Waals surface area (Å²) in [6.07, 6.45) is 6.00. The third kappa shape index (κ3) is 7.05. The predicted octanol–water partition coefficient (Wildman–Crippen LogP) is 4.64. The molecule has 1 aliphatic rings. The van der Waals surface area contributed by atoms with E-state index >= 15 is 0 Å². The van der Waals surface area contributed by atoms with Gasteiger partial charge in [0, 0.05) is 44.0 Å². The number of nitrogens with zero attached hydrogens (tertiary/aromatic N) is 2. The van der Waals surface area contributed by atoms with Gasteiger partial charge < -0.3 is 10.1 Å². The number of hydrogen-bond donors (Lipinski definition) is 1. The molecule has 0 bridgehead atoms. The van der Waals surface area contributed by atoms with Crippen molar-refractivity contribution in [3.8, 4) is 6.07 Å². The van der Waals surface area contributed by atoms with E-state index in [1.165, 1.54) is 0 Å². The molecule has 144 valence electrons. The molecule has 0 atom stereocenters. The molecule has 2 rings (SSSR count). The first-order chi connectivity index (χ1) is 13.1. The quantitative estimate of drug-likeness (QED) is 0.538. The monoisotopic (exact) mass is 365 g/mol. The van der Waals surface area contributed by atoms with E-state index in [2.05, 4.69) is 54.1 Å². The van der Waals surface area contributed by atoms with Gasteiger partial charge in [-0.2, -0.15) is 5.26 Å². The fourth-order valence-electron chi connectivity index (χ4n) is 2.96. The lowest BCUT2D eigenvalue weighted by molar-refractivity contribution is 0.142. The Morgan fingerprint density at radius 1 is 1.26 bits per heavy atom. The average molecular weight is 366 g/mol. The molecule has 0 saturated carbocycles. The third-order valence-corrected chi connectivity index (χ3v) is 4.78. The first-order valence-corrected chi connectivity index (χ1v) is 9.75. The summed E-state index contributed by atoms with van der Waals surface area (Å²) in [6.45, 7) is 13.7. The van der Waals surface area contributed by atoms with Crippen molar-refractivity contribution >= 4 is 11.3 Å². The van der Waals surface area contributed by atoms with Crippen LogP contribution in [0.1, 0.15) is 32.3 Å².